The molecule has 17 heavy (non-hydrogen) atoms. The molecule has 0 spiro atoms. The maximum atomic E-state index is 5.20. The van der Waals surface area contributed by atoms with Crippen LogP contribution in [0.1, 0.15) is 29.7 Å². The predicted molar refractivity (Wildman–Crippen MR) is 78.5 cm³/mol. The second-order valence-corrected chi connectivity index (χ2v) is 5.38. The molecular formula is C15H21NS. The van der Waals surface area contributed by atoms with Crippen molar-refractivity contribution in [3.63, 3.8) is 0 Å². The lowest BCUT2D eigenvalue weighted by Crippen LogP contribution is -2.21. The largest absolute Gasteiger partial charge is 0.309 e. The first kappa shape index (κ1) is 14.2. The van der Waals surface area contributed by atoms with Gasteiger partial charge in [0.05, 0.1) is 5.75 Å². The average molecular weight is 247 g/mol. The van der Waals surface area contributed by atoms with Crippen molar-refractivity contribution in [2.75, 3.05) is 18.1 Å². The van der Waals surface area contributed by atoms with Crippen LogP contribution in [-0.2, 0) is 0 Å². The van der Waals surface area contributed by atoms with Crippen molar-refractivity contribution in [2.24, 2.45) is 0 Å². The monoisotopic (exact) mass is 247 g/mol. The molecule has 0 bridgehead atoms. The van der Waals surface area contributed by atoms with Gasteiger partial charge in [0.1, 0.15) is 0 Å². The molecule has 0 saturated carbocycles. The third-order valence-electron chi connectivity index (χ3n) is 2.91. The van der Waals surface area contributed by atoms with Crippen LogP contribution < -0.4 is 5.32 Å². The molecule has 0 radical (unpaired) electrons. The average Bonchev–Trinajstić information content (AvgIpc) is 2.32. The number of thioether (sulfide) groups is 1. The SMILES string of the molecule is C#CCSCCNC(C)c1ccc(C)c(C)c1. The van der Waals surface area contributed by atoms with E-state index < -0.39 is 0 Å². The predicted octanol–water partition coefficient (Wildman–Crippen LogP) is 3.32. The van der Waals surface area contributed by atoms with E-state index in [1.807, 2.05) is 0 Å². The number of hydrogen-bond acceptors (Lipinski definition) is 2. The highest BCUT2D eigenvalue weighted by molar-refractivity contribution is 7.99. The lowest BCUT2D eigenvalue weighted by atomic mass is 10.0. The van der Waals surface area contributed by atoms with Crippen LogP contribution in [0.4, 0.5) is 0 Å². The Morgan fingerprint density at radius 1 is 1.35 bits per heavy atom. The molecular weight excluding hydrogens is 226 g/mol. The molecule has 0 aliphatic heterocycles. The molecule has 0 heterocycles. The van der Waals surface area contributed by atoms with E-state index in [1.165, 1.54) is 16.7 Å². The van der Waals surface area contributed by atoms with E-state index in [2.05, 4.69) is 50.2 Å². The van der Waals surface area contributed by atoms with Gasteiger partial charge in [-0.3, -0.25) is 0 Å². The maximum absolute atomic E-state index is 5.20. The Morgan fingerprint density at radius 3 is 2.76 bits per heavy atom. The van der Waals surface area contributed by atoms with Gasteiger partial charge in [-0.05, 0) is 37.5 Å². The molecule has 1 aromatic carbocycles. The Kier molecular flexibility index (Phi) is 6.18. The number of benzene rings is 1. The van der Waals surface area contributed by atoms with Crippen LogP contribution in [0.5, 0.6) is 0 Å². The fraction of sp³-hybridized carbons (Fsp3) is 0.467. The molecule has 0 amide bonds. The highest BCUT2D eigenvalue weighted by Gasteiger charge is 2.05. The van der Waals surface area contributed by atoms with Gasteiger partial charge in [0.25, 0.3) is 0 Å². The third-order valence-corrected chi connectivity index (χ3v) is 3.78. The van der Waals surface area contributed by atoms with Crippen molar-refractivity contribution in [1.29, 1.82) is 0 Å². The van der Waals surface area contributed by atoms with Crippen LogP contribution in [0, 0.1) is 26.2 Å². The Hall–Kier alpha value is -0.910. The minimum atomic E-state index is 0.403. The summed E-state index contributed by atoms with van der Waals surface area (Å²) >= 11 is 1.80. The van der Waals surface area contributed by atoms with Crippen molar-refractivity contribution in [2.45, 2.75) is 26.8 Å². The molecule has 0 aromatic heterocycles. The molecule has 1 N–H and O–H groups in total. The minimum absolute atomic E-state index is 0.403. The Morgan fingerprint density at radius 2 is 2.12 bits per heavy atom. The van der Waals surface area contributed by atoms with Crippen LogP contribution >= 0.6 is 11.8 Å². The van der Waals surface area contributed by atoms with Crippen LogP contribution in [-0.4, -0.2) is 18.1 Å². The van der Waals surface area contributed by atoms with E-state index in [-0.39, 0.29) is 0 Å². The molecule has 0 saturated heterocycles. The highest BCUT2D eigenvalue weighted by atomic mass is 32.2. The number of rotatable bonds is 6. The molecule has 0 aliphatic carbocycles. The van der Waals surface area contributed by atoms with Crippen LogP contribution in [0.3, 0.4) is 0 Å². The summed E-state index contributed by atoms with van der Waals surface area (Å²) in [7, 11) is 0. The fourth-order valence-corrected chi connectivity index (χ4v) is 2.15. The summed E-state index contributed by atoms with van der Waals surface area (Å²) in [5.41, 5.74) is 4.07. The van der Waals surface area contributed by atoms with Crippen LogP contribution in [0.15, 0.2) is 18.2 Å². The molecule has 92 valence electrons. The first-order valence-electron chi connectivity index (χ1n) is 5.97. The molecule has 1 atom stereocenters. The second-order valence-electron chi connectivity index (χ2n) is 4.28. The zero-order chi connectivity index (χ0) is 12.7. The third kappa shape index (κ3) is 4.85. The summed E-state index contributed by atoms with van der Waals surface area (Å²) in [4.78, 5) is 0. The number of hydrogen-bond donors (Lipinski definition) is 1. The van der Waals surface area contributed by atoms with E-state index in [0.29, 0.717) is 6.04 Å². The molecule has 1 aromatic rings. The lowest BCUT2D eigenvalue weighted by molar-refractivity contribution is 0.601. The van der Waals surface area contributed by atoms with Gasteiger partial charge in [-0.25, -0.2) is 0 Å². The molecule has 0 aliphatic rings. The Labute approximate surface area is 109 Å². The van der Waals surface area contributed by atoms with E-state index in [9.17, 15) is 0 Å². The minimum Gasteiger partial charge on any atom is -0.309 e. The summed E-state index contributed by atoms with van der Waals surface area (Å²) < 4.78 is 0. The van der Waals surface area contributed by atoms with Gasteiger partial charge < -0.3 is 5.32 Å². The molecule has 1 unspecified atom stereocenters. The van der Waals surface area contributed by atoms with Crippen molar-refractivity contribution < 1.29 is 0 Å². The van der Waals surface area contributed by atoms with Crippen molar-refractivity contribution in [3.8, 4) is 12.3 Å². The van der Waals surface area contributed by atoms with Gasteiger partial charge in [-0.2, -0.15) is 0 Å². The summed E-state index contributed by atoms with van der Waals surface area (Å²) in [6.45, 7) is 7.51. The standard InChI is InChI=1S/C15H21NS/c1-5-9-17-10-8-16-14(4)15-7-6-12(2)13(3)11-15/h1,6-7,11,14,16H,8-10H2,2-4H3. The van der Waals surface area contributed by atoms with Crippen LogP contribution in [0.25, 0.3) is 0 Å². The fourth-order valence-electron chi connectivity index (χ4n) is 1.63. The number of nitrogens with one attached hydrogen (secondary N) is 1. The number of aryl methyl sites for hydroxylation is 2. The quantitative estimate of drug-likeness (QED) is 0.611. The van der Waals surface area contributed by atoms with Gasteiger partial charge >= 0.3 is 0 Å². The first-order chi connectivity index (χ1) is 8.15. The zero-order valence-electron chi connectivity index (χ0n) is 10.9. The summed E-state index contributed by atoms with van der Waals surface area (Å²) in [6, 6.07) is 7.06. The smallest absolute Gasteiger partial charge is 0.0545 e. The summed E-state index contributed by atoms with van der Waals surface area (Å²) in [6.07, 6.45) is 5.20. The van der Waals surface area contributed by atoms with Gasteiger partial charge in [-0.15, -0.1) is 18.2 Å². The maximum Gasteiger partial charge on any atom is 0.0545 e. The Bertz CT molecular complexity index is 392. The van der Waals surface area contributed by atoms with E-state index >= 15 is 0 Å². The summed E-state index contributed by atoms with van der Waals surface area (Å²) in [5, 5.41) is 3.52. The molecule has 1 nitrogen and oxygen atoms in total. The second kappa shape index (κ2) is 7.42. The van der Waals surface area contributed by atoms with Crippen molar-refractivity contribution in [3.05, 3.63) is 34.9 Å². The lowest BCUT2D eigenvalue weighted by Gasteiger charge is -2.15. The Balaban J connectivity index is 2.39. The van der Waals surface area contributed by atoms with Gasteiger partial charge in [0, 0.05) is 18.3 Å². The van der Waals surface area contributed by atoms with E-state index in [4.69, 9.17) is 6.42 Å². The van der Waals surface area contributed by atoms with Crippen molar-refractivity contribution >= 4 is 11.8 Å². The summed E-state index contributed by atoms with van der Waals surface area (Å²) in [5.74, 6) is 4.51. The topological polar surface area (TPSA) is 12.0 Å². The number of terminal acetylenes is 1. The van der Waals surface area contributed by atoms with Gasteiger partial charge in [0.2, 0.25) is 0 Å². The van der Waals surface area contributed by atoms with Crippen LogP contribution in [0.2, 0.25) is 0 Å². The normalized spacial score (nSPS) is 12.1. The van der Waals surface area contributed by atoms with Gasteiger partial charge in [-0.1, -0.05) is 24.1 Å². The van der Waals surface area contributed by atoms with E-state index in [0.717, 1.165) is 18.1 Å². The van der Waals surface area contributed by atoms with Crippen molar-refractivity contribution in [1.82, 2.24) is 5.32 Å². The highest BCUT2D eigenvalue weighted by Crippen LogP contribution is 2.16. The molecule has 2 heteroatoms. The van der Waals surface area contributed by atoms with E-state index in [1.54, 1.807) is 11.8 Å². The van der Waals surface area contributed by atoms with Gasteiger partial charge in [0.15, 0.2) is 0 Å². The molecule has 0 fully saturated rings. The first-order valence-corrected chi connectivity index (χ1v) is 7.12. The zero-order valence-corrected chi connectivity index (χ0v) is 11.7. The molecule has 1 rings (SSSR count).